The molecule has 0 bridgehead atoms. The second kappa shape index (κ2) is 5.58. The van der Waals surface area contributed by atoms with Crippen LogP contribution in [0.1, 0.15) is 11.3 Å². The summed E-state index contributed by atoms with van der Waals surface area (Å²) in [6, 6.07) is 5.51. The summed E-state index contributed by atoms with van der Waals surface area (Å²) in [4.78, 5) is -0.127. The van der Waals surface area contributed by atoms with E-state index in [2.05, 4.69) is 9.88 Å². The minimum absolute atomic E-state index is 0.0480. The Morgan fingerprint density at radius 1 is 1.19 bits per heavy atom. The monoisotopic (exact) mass is 330 g/mol. The molecule has 0 saturated heterocycles. The maximum Gasteiger partial charge on any atom is 0.241 e. The van der Waals surface area contributed by atoms with Crippen LogP contribution in [-0.2, 0) is 26.4 Å². The van der Waals surface area contributed by atoms with Gasteiger partial charge < -0.3 is 4.52 Å². The molecule has 0 aliphatic carbocycles. The van der Waals surface area contributed by atoms with Crippen molar-refractivity contribution in [2.45, 2.75) is 23.3 Å². The number of rotatable bonds is 5. The summed E-state index contributed by atoms with van der Waals surface area (Å²) in [6.07, 6.45) is 2.43. The fourth-order valence-electron chi connectivity index (χ4n) is 1.68. The average molecular weight is 330 g/mol. The molecule has 1 aromatic heterocycles. The van der Waals surface area contributed by atoms with Crippen molar-refractivity contribution < 1.29 is 21.4 Å². The van der Waals surface area contributed by atoms with Crippen molar-refractivity contribution in [3.63, 3.8) is 0 Å². The van der Waals surface area contributed by atoms with Crippen molar-refractivity contribution >= 4 is 19.9 Å². The summed E-state index contributed by atoms with van der Waals surface area (Å²) in [5, 5.41) is 3.47. The molecule has 114 valence electrons. The van der Waals surface area contributed by atoms with E-state index in [0.717, 1.165) is 12.3 Å². The third-order valence-corrected chi connectivity index (χ3v) is 5.46. The Labute approximate surface area is 122 Å². The molecular weight excluding hydrogens is 316 g/mol. The Morgan fingerprint density at radius 2 is 1.90 bits per heavy atom. The normalized spacial score (nSPS) is 12.5. The zero-order chi connectivity index (χ0) is 15.7. The molecule has 2 rings (SSSR count). The second-order valence-corrected chi connectivity index (χ2v) is 8.25. The number of sulfone groups is 1. The van der Waals surface area contributed by atoms with Gasteiger partial charge in [-0.1, -0.05) is 11.2 Å². The van der Waals surface area contributed by atoms with Gasteiger partial charge in [-0.2, -0.15) is 0 Å². The van der Waals surface area contributed by atoms with Gasteiger partial charge >= 0.3 is 0 Å². The number of nitrogens with one attached hydrogen (secondary N) is 1. The fraction of sp³-hybridized carbons (Fsp3) is 0.250. The first-order valence-corrected chi connectivity index (χ1v) is 9.27. The summed E-state index contributed by atoms with van der Waals surface area (Å²) in [7, 11) is -7.33. The Bertz CT molecular complexity index is 840. The molecule has 1 heterocycles. The molecule has 1 N–H and O–H groups in total. The number of hydrogen-bond acceptors (Lipinski definition) is 6. The standard InChI is InChI=1S/C12H14N2O5S2/c1-9-3-4-11(20(2,15)16)7-12(9)21(17,18)14-8-10-5-6-13-19-10/h3-7,14H,8H2,1-2H3. The van der Waals surface area contributed by atoms with Gasteiger partial charge in [0.2, 0.25) is 10.0 Å². The van der Waals surface area contributed by atoms with Crippen molar-refractivity contribution in [1.29, 1.82) is 0 Å². The summed E-state index contributed by atoms with van der Waals surface area (Å²) in [6.45, 7) is 1.53. The highest BCUT2D eigenvalue weighted by Gasteiger charge is 2.20. The predicted molar refractivity (Wildman–Crippen MR) is 74.8 cm³/mol. The first kappa shape index (κ1) is 15.7. The van der Waals surface area contributed by atoms with E-state index in [1.54, 1.807) is 6.92 Å². The van der Waals surface area contributed by atoms with Gasteiger partial charge in [0.05, 0.1) is 22.5 Å². The van der Waals surface area contributed by atoms with Gasteiger partial charge in [-0.25, -0.2) is 21.6 Å². The molecule has 0 spiro atoms. The number of aryl methyl sites for hydroxylation is 1. The van der Waals surface area contributed by atoms with Gasteiger partial charge in [0.1, 0.15) is 0 Å². The molecule has 21 heavy (non-hydrogen) atoms. The van der Waals surface area contributed by atoms with Crippen LogP contribution in [0.3, 0.4) is 0 Å². The van der Waals surface area contributed by atoms with Crippen LogP contribution in [0.15, 0.2) is 44.8 Å². The van der Waals surface area contributed by atoms with E-state index in [1.165, 1.54) is 24.4 Å². The molecule has 0 amide bonds. The summed E-state index contributed by atoms with van der Waals surface area (Å²) in [5.41, 5.74) is 0.451. The van der Waals surface area contributed by atoms with Crippen LogP contribution in [0.5, 0.6) is 0 Å². The Kier molecular flexibility index (Phi) is 4.17. The minimum Gasteiger partial charge on any atom is -0.360 e. The van der Waals surface area contributed by atoms with E-state index in [0.29, 0.717) is 11.3 Å². The SMILES string of the molecule is Cc1ccc(S(C)(=O)=O)cc1S(=O)(=O)NCc1ccno1. The number of nitrogens with zero attached hydrogens (tertiary/aromatic N) is 1. The second-order valence-electron chi connectivity index (χ2n) is 4.50. The van der Waals surface area contributed by atoms with Crippen LogP contribution in [-0.4, -0.2) is 28.2 Å². The first-order chi connectivity index (χ1) is 9.70. The third-order valence-electron chi connectivity index (χ3n) is 2.80. The topological polar surface area (TPSA) is 106 Å². The van der Waals surface area contributed by atoms with Crippen LogP contribution in [0.4, 0.5) is 0 Å². The van der Waals surface area contributed by atoms with E-state index in [4.69, 9.17) is 4.52 Å². The van der Waals surface area contributed by atoms with E-state index in [9.17, 15) is 16.8 Å². The highest BCUT2D eigenvalue weighted by molar-refractivity contribution is 7.91. The average Bonchev–Trinajstić information content (AvgIpc) is 2.88. The lowest BCUT2D eigenvalue weighted by atomic mass is 10.2. The predicted octanol–water partition coefficient (Wildman–Crippen LogP) is 0.865. The van der Waals surface area contributed by atoms with Gasteiger partial charge in [-0.05, 0) is 24.6 Å². The molecular formula is C12H14N2O5S2. The number of benzene rings is 1. The zero-order valence-corrected chi connectivity index (χ0v) is 13.0. The molecule has 7 nitrogen and oxygen atoms in total. The Morgan fingerprint density at radius 3 is 2.48 bits per heavy atom. The summed E-state index contributed by atoms with van der Waals surface area (Å²) in [5.74, 6) is 0.357. The maximum atomic E-state index is 12.3. The smallest absolute Gasteiger partial charge is 0.241 e. The van der Waals surface area contributed by atoms with Crippen molar-refractivity contribution in [2.24, 2.45) is 0 Å². The molecule has 0 saturated carbocycles. The summed E-state index contributed by atoms with van der Waals surface area (Å²) < 4.78 is 54.7. The lowest BCUT2D eigenvalue weighted by molar-refractivity contribution is 0.380. The van der Waals surface area contributed by atoms with Crippen molar-refractivity contribution in [3.8, 4) is 0 Å². The lowest BCUT2D eigenvalue weighted by Crippen LogP contribution is -2.24. The van der Waals surface area contributed by atoms with E-state index >= 15 is 0 Å². The molecule has 0 unspecified atom stereocenters. The fourth-order valence-corrected chi connectivity index (χ4v) is 3.66. The largest absolute Gasteiger partial charge is 0.360 e. The lowest BCUT2D eigenvalue weighted by Gasteiger charge is -2.09. The quantitative estimate of drug-likeness (QED) is 0.871. The van der Waals surface area contributed by atoms with Crippen molar-refractivity contribution in [3.05, 3.63) is 41.8 Å². The molecule has 0 aliphatic rings. The van der Waals surface area contributed by atoms with Crippen LogP contribution in [0.25, 0.3) is 0 Å². The highest BCUT2D eigenvalue weighted by Crippen LogP contribution is 2.20. The van der Waals surface area contributed by atoms with Crippen LogP contribution >= 0.6 is 0 Å². The third kappa shape index (κ3) is 3.69. The van der Waals surface area contributed by atoms with Crippen LogP contribution in [0.2, 0.25) is 0 Å². The highest BCUT2D eigenvalue weighted by atomic mass is 32.2. The van der Waals surface area contributed by atoms with E-state index in [1.807, 2.05) is 0 Å². The van der Waals surface area contributed by atoms with Crippen molar-refractivity contribution in [1.82, 2.24) is 9.88 Å². The number of hydrogen-bond donors (Lipinski definition) is 1. The molecule has 0 aliphatic heterocycles. The van der Waals surface area contributed by atoms with Gasteiger partial charge in [-0.3, -0.25) is 0 Å². The molecule has 9 heteroatoms. The van der Waals surface area contributed by atoms with E-state index < -0.39 is 19.9 Å². The number of sulfonamides is 1. The Balaban J connectivity index is 2.35. The Hall–Kier alpha value is -1.71. The maximum absolute atomic E-state index is 12.3. The van der Waals surface area contributed by atoms with Gasteiger partial charge in [0, 0.05) is 12.3 Å². The van der Waals surface area contributed by atoms with Crippen LogP contribution in [0, 0.1) is 6.92 Å². The molecule has 0 fully saturated rings. The molecule has 1 aromatic carbocycles. The van der Waals surface area contributed by atoms with Crippen LogP contribution < -0.4 is 4.72 Å². The van der Waals surface area contributed by atoms with E-state index in [-0.39, 0.29) is 16.3 Å². The van der Waals surface area contributed by atoms with Gasteiger partial charge in [0.25, 0.3) is 0 Å². The molecule has 0 radical (unpaired) electrons. The minimum atomic E-state index is -3.85. The van der Waals surface area contributed by atoms with Gasteiger partial charge in [-0.15, -0.1) is 0 Å². The number of aromatic nitrogens is 1. The zero-order valence-electron chi connectivity index (χ0n) is 11.4. The molecule has 2 aromatic rings. The molecule has 0 atom stereocenters. The van der Waals surface area contributed by atoms with Gasteiger partial charge in [0.15, 0.2) is 15.6 Å². The van der Waals surface area contributed by atoms with Crippen molar-refractivity contribution in [2.75, 3.05) is 6.26 Å². The summed E-state index contributed by atoms with van der Waals surface area (Å²) >= 11 is 0. The first-order valence-electron chi connectivity index (χ1n) is 5.90.